The first kappa shape index (κ1) is 20.8. The molecular weight excluding hydrogens is 388 g/mol. The van der Waals surface area contributed by atoms with Gasteiger partial charge in [0.15, 0.2) is 5.69 Å². The average molecular weight is 430 g/mol. The van der Waals surface area contributed by atoms with Gasteiger partial charge in [-0.25, -0.2) is 4.57 Å². The van der Waals surface area contributed by atoms with Crippen LogP contribution < -0.4 is 4.57 Å². The minimum Gasteiger partial charge on any atom is -0.202 e. The van der Waals surface area contributed by atoms with E-state index in [1.807, 2.05) is 0 Å². The molecule has 2 heteroatoms. The monoisotopic (exact) mass is 429 g/mol. The number of benzene rings is 1. The third-order valence-electron chi connectivity index (χ3n) is 9.69. The van der Waals surface area contributed by atoms with Crippen LogP contribution >= 0.6 is 0 Å². The summed E-state index contributed by atoms with van der Waals surface area (Å²) >= 11 is 0. The van der Waals surface area contributed by atoms with Gasteiger partial charge in [-0.1, -0.05) is 63.1 Å². The van der Waals surface area contributed by atoms with Crippen LogP contribution in [0.5, 0.6) is 0 Å². The molecule has 6 rings (SSSR count). The predicted octanol–water partition coefficient (Wildman–Crippen LogP) is 7.53. The van der Waals surface area contributed by atoms with Gasteiger partial charge >= 0.3 is 0 Å². The van der Waals surface area contributed by atoms with Gasteiger partial charge in [0.1, 0.15) is 11.4 Å². The minimum absolute atomic E-state index is 0.266. The number of rotatable bonds is 4. The van der Waals surface area contributed by atoms with E-state index < -0.39 is 0 Å². The molecule has 1 aromatic carbocycles. The fraction of sp³-hybridized carbons (Fsp3) is 0.633. The van der Waals surface area contributed by atoms with E-state index in [4.69, 9.17) is 0 Å². The van der Waals surface area contributed by atoms with Crippen LogP contribution in [0.2, 0.25) is 0 Å². The Kier molecular flexibility index (Phi) is 5.31. The molecule has 2 aromatic rings. The van der Waals surface area contributed by atoms with Crippen molar-refractivity contribution in [2.24, 2.45) is 11.8 Å². The quantitative estimate of drug-likeness (QED) is 0.444. The SMILES string of the molecule is Cc1ccccc1-n1c(C)c2[n+](c1C1CCCC1)C=CC2(C1CCCCC1)C1CCCC1. The Labute approximate surface area is 194 Å². The van der Waals surface area contributed by atoms with Crippen molar-refractivity contribution in [2.75, 3.05) is 0 Å². The number of para-hydroxylation sites is 1. The maximum absolute atomic E-state index is 2.73. The van der Waals surface area contributed by atoms with E-state index in [-0.39, 0.29) is 5.41 Å². The van der Waals surface area contributed by atoms with Crippen molar-refractivity contribution in [1.82, 2.24) is 4.57 Å². The Bertz CT molecular complexity index is 1010. The minimum atomic E-state index is 0.266. The molecule has 0 N–H and O–H groups in total. The van der Waals surface area contributed by atoms with Crippen molar-refractivity contribution in [2.45, 2.75) is 109 Å². The lowest BCUT2D eigenvalue weighted by Crippen LogP contribution is -2.45. The van der Waals surface area contributed by atoms with Crippen molar-refractivity contribution >= 4 is 6.20 Å². The number of hydrogen-bond acceptors (Lipinski definition) is 0. The fourth-order valence-corrected chi connectivity index (χ4v) is 8.28. The molecule has 1 aromatic heterocycles. The summed E-state index contributed by atoms with van der Waals surface area (Å²) in [6.07, 6.45) is 23.6. The van der Waals surface area contributed by atoms with Gasteiger partial charge in [-0.3, -0.25) is 0 Å². The Morgan fingerprint density at radius 1 is 0.781 bits per heavy atom. The number of fused-ring (bicyclic) bond motifs is 1. The topological polar surface area (TPSA) is 8.81 Å². The van der Waals surface area contributed by atoms with Crippen LogP contribution in [0.3, 0.4) is 0 Å². The Hall–Kier alpha value is -1.83. The van der Waals surface area contributed by atoms with Crippen molar-refractivity contribution in [3.8, 4) is 5.69 Å². The van der Waals surface area contributed by atoms with Gasteiger partial charge in [0, 0.05) is 6.92 Å². The van der Waals surface area contributed by atoms with E-state index in [2.05, 4.69) is 59.5 Å². The maximum atomic E-state index is 2.73. The molecule has 1 unspecified atom stereocenters. The zero-order valence-electron chi connectivity index (χ0n) is 20.3. The summed E-state index contributed by atoms with van der Waals surface area (Å²) in [4.78, 5) is 0. The molecule has 1 aliphatic heterocycles. The lowest BCUT2D eigenvalue weighted by atomic mass is 9.60. The van der Waals surface area contributed by atoms with Gasteiger partial charge in [0.2, 0.25) is 0 Å². The fourth-order valence-electron chi connectivity index (χ4n) is 8.28. The smallest absolute Gasteiger partial charge is 0.202 e. The summed E-state index contributed by atoms with van der Waals surface area (Å²) in [5, 5.41) is 0. The van der Waals surface area contributed by atoms with Crippen LogP contribution in [-0.4, -0.2) is 4.57 Å². The zero-order chi connectivity index (χ0) is 21.7. The zero-order valence-corrected chi connectivity index (χ0v) is 20.3. The first-order chi connectivity index (χ1) is 15.7. The molecule has 1 atom stereocenters. The first-order valence-corrected chi connectivity index (χ1v) is 13.6. The van der Waals surface area contributed by atoms with Crippen molar-refractivity contribution in [3.63, 3.8) is 0 Å². The predicted molar refractivity (Wildman–Crippen MR) is 132 cm³/mol. The Morgan fingerprint density at radius 3 is 2.03 bits per heavy atom. The molecule has 3 fully saturated rings. The first-order valence-electron chi connectivity index (χ1n) is 13.6. The Balaban J connectivity index is 1.60. The molecule has 0 amide bonds. The highest BCUT2D eigenvalue weighted by atomic mass is 15.2. The molecule has 170 valence electrons. The van der Waals surface area contributed by atoms with Crippen LogP contribution in [0.4, 0.5) is 0 Å². The van der Waals surface area contributed by atoms with Gasteiger partial charge in [-0.15, -0.1) is 0 Å². The van der Waals surface area contributed by atoms with Gasteiger partial charge in [-0.2, -0.15) is 4.57 Å². The standard InChI is InChI=1S/C30H41N2/c1-22-12-6-11-19-27(22)32-23(2)28-30(26-17-9-10-18-26,25-15-4-3-5-16-25)20-21-31(28)29(32)24-13-7-8-14-24/h6,11-12,19-21,24-26H,3-5,7-10,13-18H2,1-2H3/q+1. The molecule has 2 heterocycles. The second kappa shape index (κ2) is 8.19. The van der Waals surface area contributed by atoms with Crippen molar-refractivity contribution in [3.05, 3.63) is 53.1 Å². The van der Waals surface area contributed by atoms with Gasteiger partial charge in [-0.05, 0) is 75.0 Å². The molecule has 3 saturated carbocycles. The molecule has 4 aliphatic rings. The van der Waals surface area contributed by atoms with Crippen LogP contribution in [0.15, 0.2) is 30.3 Å². The molecule has 32 heavy (non-hydrogen) atoms. The lowest BCUT2D eigenvalue weighted by Gasteiger charge is -2.41. The largest absolute Gasteiger partial charge is 0.269 e. The number of allylic oxidation sites excluding steroid dienone is 1. The van der Waals surface area contributed by atoms with Gasteiger partial charge < -0.3 is 0 Å². The van der Waals surface area contributed by atoms with E-state index in [1.165, 1.54) is 100 Å². The highest BCUT2D eigenvalue weighted by molar-refractivity contribution is 5.48. The second-order valence-corrected chi connectivity index (χ2v) is 11.3. The van der Waals surface area contributed by atoms with Crippen LogP contribution in [0.1, 0.15) is 112 Å². The number of aryl methyl sites for hydroxylation is 1. The van der Waals surface area contributed by atoms with Gasteiger partial charge in [0.25, 0.3) is 5.82 Å². The summed E-state index contributed by atoms with van der Waals surface area (Å²) in [5.41, 5.74) is 6.29. The normalized spacial score (nSPS) is 26.9. The van der Waals surface area contributed by atoms with E-state index >= 15 is 0 Å². The highest BCUT2D eigenvalue weighted by Crippen LogP contribution is 2.54. The molecule has 0 radical (unpaired) electrons. The third-order valence-corrected chi connectivity index (χ3v) is 9.69. The van der Waals surface area contributed by atoms with Crippen molar-refractivity contribution < 1.29 is 4.57 Å². The summed E-state index contributed by atoms with van der Waals surface area (Å²) in [7, 11) is 0. The number of hydrogen-bond donors (Lipinski definition) is 0. The summed E-state index contributed by atoms with van der Waals surface area (Å²) in [5.74, 6) is 3.93. The highest BCUT2D eigenvalue weighted by Gasteiger charge is 2.55. The molecule has 3 aliphatic carbocycles. The molecule has 0 bridgehead atoms. The van der Waals surface area contributed by atoms with E-state index in [0.717, 1.165) is 11.8 Å². The summed E-state index contributed by atoms with van der Waals surface area (Å²) in [6.45, 7) is 4.75. The Morgan fingerprint density at radius 2 is 1.38 bits per heavy atom. The summed E-state index contributed by atoms with van der Waals surface area (Å²) < 4.78 is 5.43. The second-order valence-electron chi connectivity index (χ2n) is 11.3. The van der Waals surface area contributed by atoms with E-state index in [9.17, 15) is 0 Å². The average Bonchev–Trinajstić information content (AvgIpc) is 3.61. The molecule has 2 nitrogen and oxygen atoms in total. The van der Waals surface area contributed by atoms with E-state index in [1.54, 1.807) is 11.5 Å². The molecule has 0 spiro atoms. The van der Waals surface area contributed by atoms with Crippen LogP contribution in [0.25, 0.3) is 11.9 Å². The number of nitrogens with zero attached hydrogens (tertiary/aromatic N) is 2. The van der Waals surface area contributed by atoms with Crippen LogP contribution in [-0.2, 0) is 5.41 Å². The maximum Gasteiger partial charge on any atom is 0.269 e. The van der Waals surface area contributed by atoms with Crippen molar-refractivity contribution in [1.29, 1.82) is 0 Å². The number of imidazole rings is 1. The third kappa shape index (κ3) is 3.01. The summed E-state index contributed by atoms with van der Waals surface area (Å²) in [6, 6.07) is 9.08. The van der Waals surface area contributed by atoms with E-state index in [0.29, 0.717) is 5.92 Å². The number of aromatic nitrogens is 2. The molecule has 0 saturated heterocycles. The van der Waals surface area contributed by atoms with Crippen LogP contribution in [0, 0.1) is 25.7 Å². The van der Waals surface area contributed by atoms with Gasteiger partial charge in [0.05, 0.1) is 17.5 Å². The molecular formula is C30H41N2+. The lowest BCUT2D eigenvalue weighted by molar-refractivity contribution is -0.586.